The van der Waals surface area contributed by atoms with E-state index in [1.54, 1.807) is 24.5 Å². The molecular weight excluding hydrogens is 318 g/mol. The highest BCUT2D eigenvalue weighted by molar-refractivity contribution is 5.93. The van der Waals surface area contributed by atoms with Crippen molar-refractivity contribution in [3.63, 3.8) is 0 Å². The fraction of sp³-hybridized carbons (Fsp3) is 0.632. The van der Waals surface area contributed by atoms with E-state index in [1.807, 2.05) is 4.90 Å². The molecule has 1 N–H and O–H groups in total. The Hall–Kier alpha value is -1.95. The largest absolute Gasteiger partial charge is 0.371 e. The molecule has 1 saturated carbocycles. The Balaban J connectivity index is 1.19. The number of ether oxygens (including phenoxy) is 1. The molecule has 1 aromatic heterocycles. The second-order valence-corrected chi connectivity index (χ2v) is 7.86. The second-order valence-electron chi connectivity index (χ2n) is 7.86. The molecule has 0 aromatic carbocycles. The van der Waals surface area contributed by atoms with Crippen LogP contribution in [0.25, 0.3) is 0 Å². The van der Waals surface area contributed by atoms with Crippen LogP contribution in [0.4, 0.5) is 0 Å². The molecule has 25 heavy (non-hydrogen) atoms. The molecule has 3 atom stereocenters. The maximum absolute atomic E-state index is 12.2. The molecule has 2 aliphatic heterocycles. The Morgan fingerprint density at radius 3 is 2.84 bits per heavy atom. The zero-order valence-electron chi connectivity index (χ0n) is 14.6. The van der Waals surface area contributed by atoms with Crippen LogP contribution in [0.2, 0.25) is 0 Å². The topological polar surface area (TPSA) is 71.5 Å². The van der Waals surface area contributed by atoms with Crippen LogP contribution in [-0.2, 0) is 9.53 Å². The van der Waals surface area contributed by atoms with E-state index < -0.39 is 0 Å². The van der Waals surface area contributed by atoms with Gasteiger partial charge in [0.2, 0.25) is 5.91 Å². The number of carbonyl (C=O) groups excluding carboxylic acids is 2. The van der Waals surface area contributed by atoms with Crippen LogP contribution in [0.5, 0.6) is 0 Å². The Labute approximate surface area is 147 Å². The summed E-state index contributed by atoms with van der Waals surface area (Å²) in [7, 11) is 0. The van der Waals surface area contributed by atoms with E-state index in [1.165, 1.54) is 0 Å². The van der Waals surface area contributed by atoms with Crippen molar-refractivity contribution in [2.75, 3.05) is 26.2 Å². The van der Waals surface area contributed by atoms with E-state index in [2.05, 4.69) is 17.2 Å². The van der Waals surface area contributed by atoms with Gasteiger partial charge in [-0.1, -0.05) is 6.92 Å². The van der Waals surface area contributed by atoms with Gasteiger partial charge < -0.3 is 15.0 Å². The van der Waals surface area contributed by atoms with Crippen molar-refractivity contribution in [1.82, 2.24) is 15.2 Å². The molecule has 2 saturated heterocycles. The third-order valence-electron chi connectivity index (χ3n) is 5.80. The molecule has 1 aromatic rings. The van der Waals surface area contributed by atoms with Crippen LogP contribution in [0, 0.1) is 17.8 Å². The van der Waals surface area contributed by atoms with Crippen molar-refractivity contribution in [2.24, 2.45) is 17.8 Å². The molecule has 4 rings (SSSR count). The summed E-state index contributed by atoms with van der Waals surface area (Å²) >= 11 is 0. The molecule has 0 radical (unpaired) electrons. The normalized spacial score (nSPS) is 29.8. The summed E-state index contributed by atoms with van der Waals surface area (Å²) in [6.07, 6.45) is 6.26. The zero-order chi connectivity index (χ0) is 17.4. The number of pyridine rings is 1. The number of nitrogens with zero attached hydrogens (tertiary/aromatic N) is 2. The summed E-state index contributed by atoms with van der Waals surface area (Å²) in [5.74, 6) is 1.37. The van der Waals surface area contributed by atoms with Crippen molar-refractivity contribution in [3.05, 3.63) is 30.1 Å². The summed E-state index contributed by atoms with van der Waals surface area (Å²) in [5, 5.41) is 2.96. The van der Waals surface area contributed by atoms with E-state index in [0.29, 0.717) is 36.5 Å². The standard InChI is InChI=1S/C19H25N3O3/c1-13-7-16(13)18(24)22-11-19(12-22)5-4-14(10-25-19)8-21-17(23)15-3-2-6-20-9-15/h2-3,6,9,13-14,16H,4-5,7-8,10-12H2,1H3,(H,21,23)/t13-,14+,16-/m1/s1. The number of hydrogen-bond acceptors (Lipinski definition) is 4. The SMILES string of the molecule is C[C@@H]1C[C@H]1C(=O)N1CC2(CC[C@@H](CNC(=O)c3cccnc3)CO2)C1. The highest BCUT2D eigenvalue weighted by Gasteiger charge is 2.52. The molecular formula is C19H25N3O3. The molecule has 0 bridgehead atoms. The first-order chi connectivity index (χ1) is 12.1. The summed E-state index contributed by atoms with van der Waals surface area (Å²) in [4.78, 5) is 30.2. The van der Waals surface area contributed by atoms with Crippen molar-refractivity contribution >= 4 is 11.8 Å². The Bertz CT molecular complexity index is 647. The Morgan fingerprint density at radius 1 is 1.44 bits per heavy atom. The average molecular weight is 343 g/mol. The van der Waals surface area contributed by atoms with Gasteiger partial charge in [0.1, 0.15) is 5.60 Å². The predicted octanol–water partition coefficient (Wildman–Crippen LogP) is 1.47. The number of hydrogen-bond donors (Lipinski definition) is 1. The first-order valence-electron chi connectivity index (χ1n) is 9.17. The van der Waals surface area contributed by atoms with Gasteiger partial charge in [0, 0.05) is 24.9 Å². The van der Waals surface area contributed by atoms with Crippen LogP contribution in [0.1, 0.15) is 36.5 Å². The lowest BCUT2D eigenvalue weighted by atomic mass is 9.82. The number of aromatic nitrogens is 1. The number of rotatable bonds is 4. The average Bonchev–Trinajstić information content (AvgIpc) is 3.35. The van der Waals surface area contributed by atoms with Crippen LogP contribution >= 0.6 is 0 Å². The lowest BCUT2D eigenvalue weighted by Crippen LogP contribution is -2.66. The van der Waals surface area contributed by atoms with Crippen molar-refractivity contribution in [1.29, 1.82) is 0 Å². The fourth-order valence-corrected chi connectivity index (χ4v) is 3.87. The maximum Gasteiger partial charge on any atom is 0.252 e. The lowest BCUT2D eigenvalue weighted by Gasteiger charge is -2.53. The van der Waals surface area contributed by atoms with Crippen LogP contribution in [-0.4, -0.2) is 53.5 Å². The van der Waals surface area contributed by atoms with Crippen molar-refractivity contribution in [3.8, 4) is 0 Å². The van der Waals surface area contributed by atoms with Gasteiger partial charge in [-0.15, -0.1) is 0 Å². The van der Waals surface area contributed by atoms with E-state index in [-0.39, 0.29) is 17.4 Å². The summed E-state index contributed by atoms with van der Waals surface area (Å²) in [6.45, 7) is 4.88. The molecule has 1 spiro atoms. The maximum atomic E-state index is 12.2. The monoisotopic (exact) mass is 343 g/mol. The molecule has 3 fully saturated rings. The molecule has 3 heterocycles. The molecule has 3 aliphatic rings. The Morgan fingerprint density at radius 2 is 2.24 bits per heavy atom. The quantitative estimate of drug-likeness (QED) is 0.899. The van der Waals surface area contributed by atoms with Gasteiger partial charge in [0.15, 0.2) is 0 Å². The summed E-state index contributed by atoms with van der Waals surface area (Å²) in [5.41, 5.74) is 0.454. The van der Waals surface area contributed by atoms with Gasteiger partial charge >= 0.3 is 0 Å². The van der Waals surface area contributed by atoms with Crippen LogP contribution in [0.3, 0.4) is 0 Å². The third-order valence-corrected chi connectivity index (χ3v) is 5.80. The number of likely N-dealkylation sites (tertiary alicyclic amines) is 1. The van der Waals surface area contributed by atoms with Gasteiger partial charge in [-0.25, -0.2) is 0 Å². The van der Waals surface area contributed by atoms with E-state index in [0.717, 1.165) is 32.4 Å². The van der Waals surface area contributed by atoms with E-state index in [9.17, 15) is 9.59 Å². The minimum absolute atomic E-state index is 0.0904. The minimum Gasteiger partial charge on any atom is -0.371 e. The minimum atomic E-state index is -0.127. The van der Waals surface area contributed by atoms with Crippen molar-refractivity contribution < 1.29 is 14.3 Å². The molecule has 6 heteroatoms. The molecule has 0 unspecified atom stereocenters. The molecule has 2 amide bonds. The number of nitrogens with one attached hydrogen (secondary N) is 1. The number of carbonyl (C=O) groups is 2. The second kappa shape index (κ2) is 6.41. The van der Waals surface area contributed by atoms with Crippen LogP contribution in [0.15, 0.2) is 24.5 Å². The van der Waals surface area contributed by atoms with Gasteiger partial charge in [0.25, 0.3) is 5.91 Å². The molecule has 134 valence electrons. The summed E-state index contributed by atoms with van der Waals surface area (Å²) in [6, 6.07) is 3.52. The lowest BCUT2D eigenvalue weighted by molar-refractivity contribution is -0.189. The number of amides is 2. The predicted molar refractivity (Wildman–Crippen MR) is 91.8 cm³/mol. The molecule has 1 aliphatic carbocycles. The highest BCUT2D eigenvalue weighted by Crippen LogP contribution is 2.43. The third kappa shape index (κ3) is 3.40. The highest BCUT2D eigenvalue weighted by atomic mass is 16.5. The fourth-order valence-electron chi connectivity index (χ4n) is 3.87. The van der Waals surface area contributed by atoms with Crippen molar-refractivity contribution in [2.45, 2.75) is 31.8 Å². The van der Waals surface area contributed by atoms with Gasteiger partial charge in [-0.05, 0) is 43.2 Å². The smallest absolute Gasteiger partial charge is 0.252 e. The first-order valence-corrected chi connectivity index (χ1v) is 9.17. The first kappa shape index (κ1) is 16.5. The van der Waals surface area contributed by atoms with Crippen LogP contribution < -0.4 is 5.32 Å². The van der Waals surface area contributed by atoms with E-state index in [4.69, 9.17) is 4.74 Å². The van der Waals surface area contributed by atoms with Gasteiger partial charge in [-0.3, -0.25) is 14.6 Å². The zero-order valence-corrected chi connectivity index (χ0v) is 14.6. The van der Waals surface area contributed by atoms with Gasteiger partial charge in [-0.2, -0.15) is 0 Å². The molecule has 6 nitrogen and oxygen atoms in total. The summed E-state index contributed by atoms with van der Waals surface area (Å²) < 4.78 is 6.10. The van der Waals surface area contributed by atoms with Gasteiger partial charge in [0.05, 0.1) is 25.3 Å². The van der Waals surface area contributed by atoms with E-state index >= 15 is 0 Å². The Kier molecular flexibility index (Phi) is 4.23.